The van der Waals surface area contributed by atoms with Crippen LogP contribution in [0.4, 0.5) is 11.5 Å². The summed E-state index contributed by atoms with van der Waals surface area (Å²) in [4.78, 5) is 18.0. The lowest BCUT2D eigenvalue weighted by atomic mass is 10.1. The summed E-state index contributed by atoms with van der Waals surface area (Å²) < 4.78 is 5.22. The van der Waals surface area contributed by atoms with E-state index in [9.17, 15) is 0 Å². The highest BCUT2D eigenvalue weighted by atomic mass is 16.5. The molecular formula is C20H21N5O. The van der Waals surface area contributed by atoms with Crippen LogP contribution in [-0.4, -0.2) is 48.2 Å². The number of rotatable bonds is 4. The summed E-state index contributed by atoms with van der Waals surface area (Å²) in [5, 5.41) is 0. The molecule has 6 heteroatoms. The fraction of sp³-hybridized carbons (Fsp3) is 0.250. The highest BCUT2D eigenvalue weighted by Gasteiger charge is 2.19. The van der Waals surface area contributed by atoms with Crippen molar-refractivity contribution in [2.45, 2.75) is 0 Å². The van der Waals surface area contributed by atoms with Crippen LogP contribution in [0.2, 0.25) is 0 Å². The molecule has 132 valence electrons. The zero-order chi connectivity index (χ0) is 17.8. The fourth-order valence-corrected chi connectivity index (χ4v) is 3.16. The van der Waals surface area contributed by atoms with Crippen LogP contribution in [0.3, 0.4) is 0 Å². The van der Waals surface area contributed by atoms with Crippen molar-refractivity contribution in [1.82, 2.24) is 15.0 Å². The van der Waals surface area contributed by atoms with Gasteiger partial charge in [0.25, 0.3) is 0 Å². The molecule has 3 aromatic rings. The Hall–Kier alpha value is -3.15. The Bertz CT molecular complexity index is 846. The number of hydrogen-bond donors (Lipinski definition) is 0. The van der Waals surface area contributed by atoms with Crippen LogP contribution in [0.5, 0.6) is 5.75 Å². The number of hydrogen-bond acceptors (Lipinski definition) is 6. The third-order valence-electron chi connectivity index (χ3n) is 4.64. The molecule has 3 heterocycles. The van der Waals surface area contributed by atoms with Gasteiger partial charge in [0.2, 0.25) is 0 Å². The Balaban J connectivity index is 1.47. The summed E-state index contributed by atoms with van der Waals surface area (Å²) in [6.45, 7) is 3.75. The monoisotopic (exact) mass is 347 g/mol. The first kappa shape index (κ1) is 16.3. The molecule has 1 fully saturated rings. The van der Waals surface area contributed by atoms with Crippen molar-refractivity contribution in [3.05, 3.63) is 61.2 Å². The Kier molecular flexibility index (Phi) is 4.64. The van der Waals surface area contributed by atoms with Crippen LogP contribution in [-0.2, 0) is 0 Å². The van der Waals surface area contributed by atoms with Crippen LogP contribution in [0.25, 0.3) is 11.3 Å². The molecule has 6 nitrogen and oxygen atoms in total. The second-order valence-electron chi connectivity index (χ2n) is 6.17. The minimum atomic E-state index is 0.838. The number of anilines is 2. The zero-order valence-corrected chi connectivity index (χ0v) is 14.7. The summed E-state index contributed by atoms with van der Waals surface area (Å²) in [5.41, 5.74) is 3.13. The topological polar surface area (TPSA) is 54.4 Å². The van der Waals surface area contributed by atoms with E-state index < -0.39 is 0 Å². The third kappa shape index (κ3) is 3.44. The maximum Gasteiger partial charge on any atom is 0.147 e. The molecule has 0 N–H and O–H groups in total. The van der Waals surface area contributed by atoms with E-state index in [0.717, 1.165) is 49.0 Å². The lowest BCUT2D eigenvalue weighted by Gasteiger charge is -2.36. The van der Waals surface area contributed by atoms with Gasteiger partial charge in [-0.2, -0.15) is 0 Å². The molecule has 0 amide bonds. The van der Waals surface area contributed by atoms with E-state index >= 15 is 0 Å². The Labute approximate surface area is 153 Å². The van der Waals surface area contributed by atoms with Crippen LogP contribution >= 0.6 is 0 Å². The van der Waals surface area contributed by atoms with Gasteiger partial charge >= 0.3 is 0 Å². The molecule has 2 aromatic heterocycles. The van der Waals surface area contributed by atoms with E-state index in [1.807, 2.05) is 42.9 Å². The molecule has 0 aliphatic carbocycles. The molecule has 1 aliphatic heterocycles. The quantitative estimate of drug-likeness (QED) is 0.723. The number of piperazine rings is 1. The highest BCUT2D eigenvalue weighted by molar-refractivity contribution is 5.61. The molecule has 0 saturated carbocycles. The van der Waals surface area contributed by atoms with Gasteiger partial charge in [-0.3, -0.25) is 9.97 Å². The fourth-order valence-electron chi connectivity index (χ4n) is 3.16. The van der Waals surface area contributed by atoms with Gasteiger partial charge in [0, 0.05) is 49.8 Å². The van der Waals surface area contributed by atoms with Crippen LogP contribution in [0, 0.1) is 0 Å². The van der Waals surface area contributed by atoms with Crippen LogP contribution < -0.4 is 14.5 Å². The zero-order valence-electron chi connectivity index (χ0n) is 14.7. The van der Waals surface area contributed by atoms with Gasteiger partial charge in [0.05, 0.1) is 25.2 Å². The summed E-state index contributed by atoms with van der Waals surface area (Å²) in [5.74, 6) is 1.76. The van der Waals surface area contributed by atoms with E-state index in [-0.39, 0.29) is 0 Å². The van der Waals surface area contributed by atoms with E-state index in [4.69, 9.17) is 9.72 Å². The van der Waals surface area contributed by atoms with Crippen LogP contribution in [0.1, 0.15) is 0 Å². The lowest BCUT2D eigenvalue weighted by molar-refractivity contribution is 0.415. The number of nitrogens with zero attached hydrogens (tertiary/aromatic N) is 5. The van der Waals surface area contributed by atoms with Gasteiger partial charge in [-0.05, 0) is 36.4 Å². The second kappa shape index (κ2) is 7.39. The summed E-state index contributed by atoms with van der Waals surface area (Å²) in [6, 6.07) is 12.0. The Morgan fingerprint density at radius 2 is 1.50 bits per heavy atom. The molecular weight excluding hydrogens is 326 g/mol. The average molecular weight is 347 g/mol. The normalized spacial score (nSPS) is 14.3. The maximum absolute atomic E-state index is 5.22. The van der Waals surface area contributed by atoms with Gasteiger partial charge in [0.15, 0.2) is 0 Å². The van der Waals surface area contributed by atoms with Crippen molar-refractivity contribution in [1.29, 1.82) is 0 Å². The third-order valence-corrected chi connectivity index (χ3v) is 4.64. The molecule has 1 aliphatic rings. The second-order valence-corrected chi connectivity index (χ2v) is 6.17. The standard InChI is InChI=1S/C20H21N5O/c1-26-18-4-2-16(3-5-18)19-14-22-15-20(23-19)25-12-10-24(11-13-25)17-6-8-21-9-7-17/h2-9,14-15H,10-13H2,1H3. The van der Waals surface area contributed by atoms with Gasteiger partial charge in [-0.25, -0.2) is 4.98 Å². The summed E-state index contributed by atoms with van der Waals surface area (Å²) >= 11 is 0. The number of pyridine rings is 1. The largest absolute Gasteiger partial charge is 0.497 e. The molecule has 0 bridgehead atoms. The van der Waals surface area contributed by atoms with E-state index in [1.54, 1.807) is 13.3 Å². The van der Waals surface area contributed by atoms with E-state index in [1.165, 1.54) is 5.69 Å². The van der Waals surface area contributed by atoms with Crippen molar-refractivity contribution in [3.63, 3.8) is 0 Å². The first-order valence-corrected chi connectivity index (χ1v) is 8.70. The molecule has 0 unspecified atom stereocenters. The molecule has 0 spiro atoms. The SMILES string of the molecule is COc1ccc(-c2cncc(N3CCN(c4ccncc4)CC3)n2)cc1. The van der Waals surface area contributed by atoms with Crippen molar-refractivity contribution in [2.24, 2.45) is 0 Å². The van der Waals surface area contributed by atoms with Crippen molar-refractivity contribution < 1.29 is 4.74 Å². The minimum absolute atomic E-state index is 0.838. The van der Waals surface area contributed by atoms with Gasteiger partial charge in [0.1, 0.15) is 11.6 Å². The smallest absolute Gasteiger partial charge is 0.147 e. The first-order valence-electron chi connectivity index (χ1n) is 8.70. The predicted molar refractivity (Wildman–Crippen MR) is 103 cm³/mol. The van der Waals surface area contributed by atoms with Gasteiger partial charge < -0.3 is 14.5 Å². The minimum Gasteiger partial charge on any atom is -0.497 e. The molecule has 4 rings (SSSR count). The summed E-state index contributed by atoms with van der Waals surface area (Å²) in [7, 11) is 1.67. The Morgan fingerprint density at radius 3 is 2.19 bits per heavy atom. The van der Waals surface area contributed by atoms with Crippen LogP contribution in [0.15, 0.2) is 61.2 Å². The summed E-state index contributed by atoms with van der Waals surface area (Å²) in [6.07, 6.45) is 7.32. The number of aromatic nitrogens is 3. The number of ether oxygens (including phenoxy) is 1. The Morgan fingerprint density at radius 1 is 0.808 bits per heavy atom. The molecule has 0 radical (unpaired) electrons. The average Bonchev–Trinajstić information content (AvgIpc) is 2.75. The molecule has 1 saturated heterocycles. The van der Waals surface area contributed by atoms with Gasteiger partial charge in [-0.15, -0.1) is 0 Å². The molecule has 0 atom stereocenters. The van der Waals surface area contributed by atoms with E-state index in [2.05, 4.69) is 31.9 Å². The highest BCUT2D eigenvalue weighted by Crippen LogP contribution is 2.23. The number of methoxy groups -OCH3 is 1. The van der Waals surface area contributed by atoms with Gasteiger partial charge in [-0.1, -0.05) is 0 Å². The van der Waals surface area contributed by atoms with Crippen molar-refractivity contribution >= 4 is 11.5 Å². The lowest BCUT2D eigenvalue weighted by Crippen LogP contribution is -2.46. The first-order chi connectivity index (χ1) is 12.8. The van der Waals surface area contributed by atoms with Crippen molar-refractivity contribution in [2.75, 3.05) is 43.1 Å². The predicted octanol–water partition coefficient (Wildman–Crippen LogP) is 2.87. The maximum atomic E-state index is 5.22. The van der Waals surface area contributed by atoms with Crippen molar-refractivity contribution in [3.8, 4) is 17.0 Å². The number of benzene rings is 1. The molecule has 1 aromatic carbocycles. The van der Waals surface area contributed by atoms with E-state index in [0.29, 0.717) is 0 Å². The molecule has 26 heavy (non-hydrogen) atoms.